The Morgan fingerprint density at radius 3 is 2.85 bits per heavy atom. The fraction of sp³-hybridized carbons (Fsp3) is 0.400. The molecule has 0 unspecified atom stereocenters. The number of nitrogens with one attached hydrogen (secondary N) is 1. The minimum atomic E-state index is 0.818. The molecule has 0 aliphatic carbocycles. The summed E-state index contributed by atoms with van der Waals surface area (Å²) in [6, 6.07) is 5.97. The van der Waals surface area contributed by atoms with Crippen LogP contribution in [0.2, 0.25) is 5.02 Å². The van der Waals surface area contributed by atoms with Gasteiger partial charge in [0.25, 0.3) is 0 Å². The molecule has 1 rings (SSSR count). The second-order valence-electron chi connectivity index (χ2n) is 2.91. The van der Waals surface area contributed by atoms with Gasteiger partial charge in [0.1, 0.15) is 0 Å². The Balaban J connectivity index is 2.56. The molecule has 0 aliphatic rings. The molecule has 0 heterocycles. The molecule has 1 aromatic rings. The highest BCUT2D eigenvalue weighted by Crippen LogP contribution is 2.20. The van der Waals surface area contributed by atoms with Gasteiger partial charge < -0.3 is 5.32 Å². The summed E-state index contributed by atoms with van der Waals surface area (Å²) in [6.07, 6.45) is 1.15. The Kier molecular flexibility index (Phi) is 4.78. The summed E-state index contributed by atoms with van der Waals surface area (Å²) in [4.78, 5) is 0. The van der Waals surface area contributed by atoms with Gasteiger partial charge in [0.15, 0.2) is 0 Å². The van der Waals surface area contributed by atoms with Crippen LogP contribution >= 0.6 is 27.5 Å². The van der Waals surface area contributed by atoms with E-state index in [9.17, 15) is 0 Å². The Labute approximate surface area is 92.6 Å². The molecular weight excluding hydrogens is 249 g/mol. The normalized spacial score (nSPS) is 10.4. The van der Waals surface area contributed by atoms with Crippen LogP contribution in [-0.2, 0) is 6.54 Å². The van der Waals surface area contributed by atoms with Crippen molar-refractivity contribution >= 4 is 27.5 Å². The van der Waals surface area contributed by atoms with E-state index in [-0.39, 0.29) is 0 Å². The first-order valence-electron chi connectivity index (χ1n) is 4.38. The van der Waals surface area contributed by atoms with Crippen LogP contribution in [0.15, 0.2) is 22.7 Å². The zero-order valence-electron chi connectivity index (χ0n) is 7.61. The molecule has 0 spiro atoms. The van der Waals surface area contributed by atoms with E-state index >= 15 is 0 Å². The molecule has 0 bridgehead atoms. The SMILES string of the molecule is CCCNCc1ccc(Br)cc1Cl. The van der Waals surface area contributed by atoms with Crippen LogP contribution in [0.3, 0.4) is 0 Å². The van der Waals surface area contributed by atoms with Crippen LogP contribution in [0, 0.1) is 0 Å². The van der Waals surface area contributed by atoms with Crippen LogP contribution in [0.4, 0.5) is 0 Å². The average molecular weight is 263 g/mol. The minimum absolute atomic E-state index is 0.818. The zero-order valence-corrected chi connectivity index (χ0v) is 9.95. The monoisotopic (exact) mass is 261 g/mol. The van der Waals surface area contributed by atoms with Crippen molar-refractivity contribution in [1.82, 2.24) is 5.32 Å². The molecule has 0 aromatic heterocycles. The first-order chi connectivity index (χ1) is 6.24. The summed E-state index contributed by atoms with van der Waals surface area (Å²) in [5, 5.41) is 4.13. The molecule has 0 saturated carbocycles. The predicted molar refractivity (Wildman–Crippen MR) is 61.1 cm³/mol. The molecule has 0 atom stereocenters. The van der Waals surface area contributed by atoms with Gasteiger partial charge in [-0.25, -0.2) is 0 Å². The maximum absolute atomic E-state index is 6.04. The van der Waals surface area contributed by atoms with Crippen LogP contribution in [0.5, 0.6) is 0 Å². The van der Waals surface area contributed by atoms with Crippen molar-refractivity contribution in [2.45, 2.75) is 19.9 Å². The van der Waals surface area contributed by atoms with Crippen LogP contribution < -0.4 is 5.32 Å². The highest BCUT2D eigenvalue weighted by molar-refractivity contribution is 9.10. The molecule has 0 aliphatic heterocycles. The molecule has 13 heavy (non-hydrogen) atoms. The van der Waals surface area contributed by atoms with Gasteiger partial charge in [0.05, 0.1) is 0 Å². The fourth-order valence-corrected chi connectivity index (χ4v) is 1.81. The van der Waals surface area contributed by atoms with Gasteiger partial charge in [-0.05, 0) is 30.7 Å². The number of rotatable bonds is 4. The molecule has 1 N–H and O–H groups in total. The van der Waals surface area contributed by atoms with E-state index in [4.69, 9.17) is 11.6 Å². The Hall–Kier alpha value is -0.0500. The Morgan fingerprint density at radius 1 is 1.46 bits per heavy atom. The van der Waals surface area contributed by atoms with Gasteiger partial charge in [-0.15, -0.1) is 0 Å². The second-order valence-corrected chi connectivity index (χ2v) is 4.24. The average Bonchev–Trinajstić information content (AvgIpc) is 2.09. The van der Waals surface area contributed by atoms with Gasteiger partial charge in [0, 0.05) is 16.0 Å². The van der Waals surface area contributed by atoms with E-state index < -0.39 is 0 Å². The molecule has 72 valence electrons. The van der Waals surface area contributed by atoms with Crippen molar-refractivity contribution in [2.75, 3.05) is 6.54 Å². The van der Waals surface area contributed by atoms with Crippen LogP contribution in [0.25, 0.3) is 0 Å². The summed E-state index contributed by atoms with van der Waals surface area (Å²) < 4.78 is 1.02. The predicted octanol–water partition coefficient (Wildman–Crippen LogP) is 3.60. The maximum Gasteiger partial charge on any atom is 0.0462 e. The molecule has 0 radical (unpaired) electrons. The smallest absolute Gasteiger partial charge is 0.0462 e. The summed E-state index contributed by atoms with van der Waals surface area (Å²) >= 11 is 9.41. The first-order valence-corrected chi connectivity index (χ1v) is 5.55. The van der Waals surface area contributed by atoms with E-state index in [2.05, 4.69) is 28.2 Å². The van der Waals surface area contributed by atoms with Crippen molar-refractivity contribution in [3.63, 3.8) is 0 Å². The first kappa shape index (κ1) is 11.0. The summed E-state index contributed by atoms with van der Waals surface area (Å²) in [6.45, 7) is 4.03. The minimum Gasteiger partial charge on any atom is -0.313 e. The van der Waals surface area contributed by atoms with Crippen molar-refractivity contribution in [3.8, 4) is 0 Å². The van der Waals surface area contributed by atoms with Gasteiger partial charge in [0.2, 0.25) is 0 Å². The standard InChI is InChI=1S/C10H13BrClN/c1-2-5-13-7-8-3-4-9(11)6-10(8)12/h3-4,6,13H,2,5,7H2,1H3. The summed E-state index contributed by atoms with van der Waals surface area (Å²) in [7, 11) is 0. The zero-order chi connectivity index (χ0) is 9.68. The lowest BCUT2D eigenvalue weighted by Crippen LogP contribution is -2.13. The third kappa shape index (κ3) is 3.67. The largest absolute Gasteiger partial charge is 0.313 e. The second kappa shape index (κ2) is 5.63. The molecule has 0 saturated heterocycles. The lowest BCUT2D eigenvalue weighted by atomic mass is 10.2. The van der Waals surface area contributed by atoms with Gasteiger partial charge >= 0.3 is 0 Å². The number of halogens is 2. The molecule has 0 amide bonds. The number of benzene rings is 1. The third-order valence-electron chi connectivity index (χ3n) is 1.76. The maximum atomic E-state index is 6.04. The van der Waals surface area contributed by atoms with E-state index in [1.165, 1.54) is 0 Å². The lowest BCUT2D eigenvalue weighted by Gasteiger charge is -2.05. The van der Waals surface area contributed by atoms with Crippen molar-refractivity contribution in [2.24, 2.45) is 0 Å². The molecule has 0 fully saturated rings. The lowest BCUT2D eigenvalue weighted by molar-refractivity contribution is 0.675. The molecular formula is C10H13BrClN. The summed E-state index contributed by atoms with van der Waals surface area (Å²) in [5.74, 6) is 0. The third-order valence-corrected chi connectivity index (χ3v) is 2.60. The van der Waals surface area contributed by atoms with E-state index in [1.807, 2.05) is 18.2 Å². The highest BCUT2D eigenvalue weighted by Gasteiger charge is 1.99. The Bertz CT molecular complexity index is 276. The quantitative estimate of drug-likeness (QED) is 0.818. The van der Waals surface area contributed by atoms with Crippen molar-refractivity contribution < 1.29 is 0 Å². The van der Waals surface area contributed by atoms with Gasteiger partial charge in [-0.2, -0.15) is 0 Å². The van der Waals surface area contributed by atoms with E-state index in [0.717, 1.165) is 34.6 Å². The van der Waals surface area contributed by atoms with Crippen LogP contribution in [-0.4, -0.2) is 6.54 Å². The number of hydrogen-bond acceptors (Lipinski definition) is 1. The van der Waals surface area contributed by atoms with Gasteiger partial charge in [-0.3, -0.25) is 0 Å². The highest BCUT2D eigenvalue weighted by atomic mass is 79.9. The van der Waals surface area contributed by atoms with Crippen LogP contribution in [0.1, 0.15) is 18.9 Å². The summed E-state index contributed by atoms with van der Waals surface area (Å²) in [5.41, 5.74) is 1.15. The fourth-order valence-electron chi connectivity index (χ4n) is 1.06. The molecule has 3 heteroatoms. The number of hydrogen-bond donors (Lipinski definition) is 1. The van der Waals surface area contributed by atoms with Crippen molar-refractivity contribution in [1.29, 1.82) is 0 Å². The molecule has 1 nitrogen and oxygen atoms in total. The van der Waals surface area contributed by atoms with E-state index in [1.54, 1.807) is 0 Å². The molecule has 1 aromatic carbocycles. The van der Waals surface area contributed by atoms with E-state index in [0.29, 0.717) is 0 Å². The topological polar surface area (TPSA) is 12.0 Å². The Morgan fingerprint density at radius 2 is 2.23 bits per heavy atom. The van der Waals surface area contributed by atoms with Crippen molar-refractivity contribution in [3.05, 3.63) is 33.3 Å². The van der Waals surface area contributed by atoms with Gasteiger partial charge in [-0.1, -0.05) is 40.5 Å².